The van der Waals surface area contributed by atoms with Gasteiger partial charge in [0.1, 0.15) is 0 Å². The predicted octanol–water partition coefficient (Wildman–Crippen LogP) is -0.202. The van der Waals surface area contributed by atoms with Crippen LogP contribution in [0.5, 0.6) is 0 Å². The Hall–Kier alpha value is -2.34. The lowest BCUT2D eigenvalue weighted by atomic mass is 10.0. The number of aryl methyl sites for hydroxylation is 1. The maximum Gasteiger partial charge on any atom is 0.469 e. The second kappa shape index (κ2) is 7.97. The number of hydrogen-bond acceptors (Lipinski definition) is 2. The smallest absolute Gasteiger partial charge is 0.469 e. The number of carbonyl (C=O) groups is 1. The first-order valence-corrected chi connectivity index (χ1v) is 6.76. The minimum Gasteiger partial charge on any atom is -1.00 e. The molecule has 0 saturated carbocycles. The van der Waals surface area contributed by atoms with E-state index in [9.17, 15) is 18.0 Å². The van der Waals surface area contributed by atoms with E-state index < -0.39 is 12.1 Å². The molecule has 0 fully saturated rings. The summed E-state index contributed by atoms with van der Waals surface area (Å²) in [6, 6.07) is 11.9. The van der Waals surface area contributed by atoms with E-state index in [1.165, 1.54) is 13.2 Å². The van der Waals surface area contributed by atoms with Crippen LogP contribution in [0, 0.1) is 6.92 Å². The van der Waals surface area contributed by atoms with E-state index in [-0.39, 0.29) is 29.9 Å². The van der Waals surface area contributed by atoms with Crippen molar-refractivity contribution in [3.05, 3.63) is 53.6 Å². The maximum absolute atomic E-state index is 12.3. The molecule has 0 amide bonds. The molecular weight excluding hydrogens is 343 g/mol. The van der Waals surface area contributed by atoms with Crippen molar-refractivity contribution in [2.24, 2.45) is 0 Å². The molecule has 0 aromatic heterocycles. The summed E-state index contributed by atoms with van der Waals surface area (Å²) in [5.74, 6) is -0.617. The van der Waals surface area contributed by atoms with E-state index in [1.807, 2.05) is 31.2 Å². The third-order valence-corrected chi connectivity index (χ3v) is 3.14. The number of methoxy groups -OCH3 is 1. The van der Waals surface area contributed by atoms with E-state index in [4.69, 9.17) is 0 Å². The minimum atomic E-state index is -4.47. The first-order chi connectivity index (χ1) is 10.8. The van der Waals surface area contributed by atoms with Crippen LogP contribution >= 0.6 is 0 Å². The molecule has 2 aromatic carbocycles. The van der Waals surface area contributed by atoms with Crippen molar-refractivity contribution in [1.82, 2.24) is 0 Å². The van der Waals surface area contributed by atoms with Gasteiger partial charge in [0.25, 0.3) is 0 Å². The number of nitrogens with one attached hydrogen (secondary N) is 1. The first kappa shape index (κ1) is 19.7. The number of rotatable bonds is 3. The lowest BCUT2D eigenvalue weighted by Gasteiger charge is -2.05. The van der Waals surface area contributed by atoms with Crippen LogP contribution in [0.25, 0.3) is 11.1 Å². The van der Waals surface area contributed by atoms with Gasteiger partial charge in [-0.1, -0.05) is 29.8 Å². The van der Waals surface area contributed by atoms with Gasteiger partial charge in [-0.25, -0.2) is 9.79 Å². The summed E-state index contributed by atoms with van der Waals surface area (Å²) in [6.45, 7) is 1.93. The molecule has 0 heterocycles. The summed E-state index contributed by atoms with van der Waals surface area (Å²) < 4.78 is 41.6. The first-order valence-electron chi connectivity index (χ1n) is 6.76. The molecule has 0 bridgehead atoms. The van der Waals surface area contributed by atoms with Crippen LogP contribution in [-0.4, -0.2) is 25.5 Å². The van der Waals surface area contributed by atoms with Crippen molar-refractivity contribution < 1.29 is 40.1 Å². The monoisotopic (exact) mass is 357 g/mol. The molecule has 128 valence electrons. The van der Waals surface area contributed by atoms with E-state index in [1.54, 1.807) is 12.1 Å². The average Bonchev–Trinajstić information content (AvgIpc) is 2.52. The Morgan fingerprint density at radius 2 is 1.71 bits per heavy atom. The van der Waals surface area contributed by atoms with Gasteiger partial charge in [0, 0.05) is 12.1 Å². The quantitative estimate of drug-likeness (QED) is 0.610. The standard InChI is InChI=1S/C17H14F3NO2.ClH/c1-11-3-5-12(6-4-11)13-7-14(16(22)23-2)9-15(8-13)21-10-17(18,19)20;/h3-10H,1-2H3;1H. The Morgan fingerprint density at radius 3 is 2.25 bits per heavy atom. The van der Waals surface area contributed by atoms with Gasteiger partial charge in [-0.2, -0.15) is 13.2 Å². The highest BCUT2D eigenvalue weighted by Crippen LogP contribution is 2.24. The number of esters is 1. The van der Waals surface area contributed by atoms with Gasteiger partial charge < -0.3 is 17.1 Å². The van der Waals surface area contributed by atoms with Crippen LogP contribution in [0.15, 0.2) is 42.5 Å². The fraction of sp³-hybridized carbons (Fsp3) is 0.176. The lowest BCUT2D eigenvalue weighted by molar-refractivity contribution is -0.360. The van der Waals surface area contributed by atoms with Crippen LogP contribution in [0.4, 0.5) is 18.9 Å². The molecule has 24 heavy (non-hydrogen) atoms. The highest BCUT2D eigenvalue weighted by molar-refractivity contribution is 5.92. The Kier molecular flexibility index (Phi) is 6.54. The Labute approximate surface area is 143 Å². The number of benzene rings is 2. The minimum absolute atomic E-state index is 0. The molecule has 7 heteroatoms. The zero-order valence-corrected chi connectivity index (χ0v) is 13.7. The number of carbonyl (C=O) groups excluding carboxylic acids is 1. The van der Waals surface area contributed by atoms with Gasteiger partial charge in [0.15, 0.2) is 0 Å². The van der Waals surface area contributed by atoms with Crippen molar-refractivity contribution in [3.8, 4) is 11.1 Å². The maximum atomic E-state index is 12.3. The van der Waals surface area contributed by atoms with Crippen LogP contribution in [0.3, 0.4) is 0 Å². The SMILES string of the molecule is COC(=O)c1cc([NH+]=CC(F)(F)F)cc(-c2ccc(C)cc2)c1.[Cl-]. The molecule has 0 atom stereocenters. The van der Waals surface area contributed by atoms with Crippen molar-refractivity contribution in [2.45, 2.75) is 13.1 Å². The molecule has 0 aliphatic heterocycles. The van der Waals surface area contributed by atoms with Crippen LogP contribution in [0.1, 0.15) is 15.9 Å². The molecule has 2 rings (SSSR count). The fourth-order valence-electron chi connectivity index (χ4n) is 2.02. The molecule has 2 aromatic rings. The predicted molar refractivity (Wildman–Crippen MR) is 80.7 cm³/mol. The second-order valence-corrected chi connectivity index (χ2v) is 4.99. The molecule has 0 aliphatic carbocycles. The number of alkyl halides is 3. The largest absolute Gasteiger partial charge is 1.00 e. The lowest BCUT2D eigenvalue weighted by Crippen LogP contribution is -3.00. The van der Waals surface area contributed by atoms with Crippen molar-refractivity contribution >= 4 is 17.9 Å². The van der Waals surface area contributed by atoms with E-state index in [0.717, 1.165) is 11.1 Å². The van der Waals surface area contributed by atoms with Crippen molar-refractivity contribution in [1.29, 1.82) is 0 Å². The third-order valence-electron chi connectivity index (χ3n) is 3.14. The number of halogens is 4. The zero-order chi connectivity index (χ0) is 17.0. The Balaban J connectivity index is 0.00000288. The van der Waals surface area contributed by atoms with E-state index >= 15 is 0 Å². The summed E-state index contributed by atoms with van der Waals surface area (Å²) in [4.78, 5) is 13.9. The highest BCUT2D eigenvalue weighted by Gasteiger charge is 2.28. The molecule has 0 radical (unpaired) electrons. The molecule has 0 unspecified atom stereocenters. The Morgan fingerprint density at radius 1 is 1.08 bits per heavy atom. The summed E-state index contributed by atoms with van der Waals surface area (Å²) in [5, 5.41) is 0. The molecular formula is C17H15ClF3NO2. The van der Waals surface area contributed by atoms with Gasteiger partial charge in [-0.05, 0) is 24.1 Å². The summed E-state index contributed by atoms with van der Waals surface area (Å²) in [6.07, 6.45) is -4.45. The van der Waals surface area contributed by atoms with Crippen LogP contribution in [-0.2, 0) is 4.74 Å². The summed E-state index contributed by atoms with van der Waals surface area (Å²) in [7, 11) is 1.22. The molecule has 0 aliphatic rings. The van der Waals surface area contributed by atoms with Gasteiger partial charge in [-0.15, -0.1) is 0 Å². The van der Waals surface area contributed by atoms with Crippen LogP contribution < -0.4 is 17.4 Å². The molecule has 0 saturated heterocycles. The van der Waals surface area contributed by atoms with E-state index in [2.05, 4.69) is 9.73 Å². The van der Waals surface area contributed by atoms with E-state index in [0.29, 0.717) is 5.56 Å². The van der Waals surface area contributed by atoms with Gasteiger partial charge >= 0.3 is 12.1 Å². The second-order valence-electron chi connectivity index (χ2n) is 4.99. The molecule has 3 nitrogen and oxygen atoms in total. The number of ether oxygens (including phenoxy) is 1. The summed E-state index contributed by atoms with van der Waals surface area (Å²) in [5.41, 5.74) is 2.79. The Bertz CT molecular complexity index is 740. The van der Waals surface area contributed by atoms with Crippen molar-refractivity contribution in [2.75, 3.05) is 7.11 Å². The fourth-order valence-corrected chi connectivity index (χ4v) is 2.02. The zero-order valence-electron chi connectivity index (χ0n) is 12.9. The van der Waals surface area contributed by atoms with Gasteiger partial charge in [0.2, 0.25) is 11.9 Å². The topological polar surface area (TPSA) is 40.3 Å². The normalized spacial score (nSPS) is 11.2. The number of hydrogen-bond donors (Lipinski definition) is 1. The molecule has 0 spiro atoms. The highest BCUT2D eigenvalue weighted by atomic mass is 35.5. The van der Waals surface area contributed by atoms with Gasteiger partial charge in [0.05, 0.1) is 12.7 Å². The summed E-state index contributed by atoms with van der Waals surface area (Å²) >= 11 is 0. The van der Waals surface area contributed by atoms with Crippen molar-refractivity contribution in [3.63, 3.8) is 0 Å². The molecule has 1 N–H and O–H groups in total. The van der Waals surface area contributed by atoms with Crippen LogP contribution in [0.2, 0.25) is 0 Å². The van der Waals surface area contributed by atoms with Gasteiger partial charge in [-0.3, -0.25) is 0 Å². The third kappa shape index (κ3) is 5.38. The average molecular weight is 358 g/mol.